The van der Waals surface area contributed by atoms with Crippen LogP contribution >= 0.6 is 0 Å². The minimum Gasteiger partial charge on any atom is -0.398 e. The Morgan fingerprint density at radius 1 is 0.903 bits per heavy atom. The highest BCUT2D eigenvalue weighted by molar-refractivity contribution is 6.11. The molecule has 4 rings (SSSR count). The third-order valence-corrected chi connectivity index (χ3v) is 6.74. The van der Waals surface area contributed by atoms with Crippen molar-refractivity contribution in [2.24, 2.45) is 11.8 Å². The van der Waals surface area contributed by atoms with Gasteiger partial charge in [0.2, 0.25) is 5.91 Å². The summed E-state index contributed by atoms with van der Waals surface area (Å²) in [5, 5.41) is 3.44. The van der Waals surface area contributed by atoms with Crippen LogP contribution in [-0.4, -0.2) is 49.4 Å². The first-order valence-electron chi connectivity index (χ1n) is 11.3. The monoisotopic (exact) mass is 420 g/mol. The van der Waals surface area contributed by atoms with Crippen molar-refractivity contribution in [2.45, 2.75) is 25.7 Å². The summed E-state index contributed by atoms with van der Waals surface area (Å²) in [6.07, 6.45) is 4.60. The maximum absolute atomic E-state index is 13.3. The second-order valence-electron chi connectivity index (χ2n) is 8.62. The molecule has 2 aromatic carbocycles. The number of nitrogen functional groups attached to an aromatic ring is 1. The van der Waals surface area contributed by atoms with Crippen molar-refractivity contribution in [3.63, 3.8) is 0 Å². The molecule has 3 N–H and O–H groups in total. The number of hydrogen-bond acceptors (Lipinski definition) is 4. The normalized spacial score (nSPS) is 18.0. The zero-order valence-electron chi connectivity index (χ0n) is 18.0. The van der Waals surface area contributed by atoms with Gasteiger partial charge in [-0.15, -0.1) is 0 Å². The topological polar surface area (TPSA) is 78.7 Å². The van der Waals surface area contributed by atoms with Crippen LogP contribution in [0.5, 0.6) is 0 Å². The molecule has 6 heteroatoms. The average molecular weight is 421 g/mol. The molecule has 6 nitrogen and oxygen atoms in total. The van der Waals surface area contributed by atoms with E-state index in [2.05, 4.69) is 5.32 Å². The second kappa shape index (κ2) is 9.96. The fourth-order valence-corrected chi connectivity index (χ4v) is 4.90. The van der Waals surface area contributed by atoms with Crippen LogP contribution in [0.3, 0.4) is 0 Å². The van der Waals surface area contributed by atoms with Crippen LogP contribution in [0.1, 0.15) is 36.0 Å². The first-order chi connectivity index (χ1) is 15.1. The Labute approximate surface area is 184 Å². The van der Waals surface area contributed by atoms with E-state index in [1.54, 1.807) is 29.2 Å². The minimum atomic E-state index is -0.248. The lowest BCUT2D eigenvalue weighted by Crippen LogP contribution is -2.47. The number of nitrogens with one attached hydrogen (secondary N) is 1. The summed E-state index contributed by atoms with van der Waals surface area (Å²) in [5.41, 5.74) is 7.59. The van der Waals surface area contributed by atoms with E-state index < -0.39 is 0 Å². The molecule has 0 radical (unpaired) electrons. The maximum Gasteiger partial charge on any atom is 0.260 e. The molecule has 0 aromatic heterocycles. The van der Waals surface area contributed by atoms with Crippen molar-refractivity contribution in [1.29, 1.82) is 0 Å². The quantitative estimate of drug-likeness (QED) is 0.729. The number of carbonyl (C=O) groups is 2. The van der Waals surface area contributed by atoms with Crippen LogP contribution < -0.4 is 16.0 Å². The van der Waals surface area contributed by atoms with E-state index in [1.165, 1.54) is 12.8 Å². The summed E-state index contributed by atoms with van der Waals surface area (Å²) < 4.78 is 0. The fraction of sp³-hybridized carbons (Fsp3) is 0.440. The lowest BCUT2D eigenvalue weighted by Gasteiger charge is -2.38. The van der Waals surface area contributed by atoms with E-state index in [0.29, 0.717) is 22.9 Å². The standard InChI is InChI=1S/C25H32N4O2/c26-23-9-5-4-8-22(23)25(31)29(21-6-2-1-3-7-21)18-24(30)28-16-12-20(13-17-28)19-10-14-27-15-11-19/h1-9,19-20,27H,10-18,26H2. The average Bonchev–Trinajstić information content (AvgIpc) is 2.83. The summed E-state index contributed by atoms with van der Waals surface area (Å²) in [6.45, 7) is 3.80. The Balaban J connectivity index is 1.44. The van der Waals surface area contributed by atoms with E-state index in [1.807, 2.05) is 35.2 Å². The molecule has 2 heterocycles. The van der Waals surface area contributed by atoms with Gasteiger partial charge in [-0.2, -0.15) is 0 Å². The maximum atomic E-state index is 13.3. The molecule has 2 aliphatic rings. The van der Waals surface area contributed by atoms with Gasteiger partial charge in [-0.05, 0) is 74.9 Å². The Morgan fingerprint density at radius 2 is 1.52 bits per heavy atom. The number of piperidine rings is 2. The zero-order chi connectivity index (χ0) is 21.6. The van der Waals surface area contributed by atoms with E-state index >= 15 is 0 Å². The van der Waals surface area contributed by atoms with Gasteiger partial charge >= 0.3 is 0 Å². The predicted molar refractivity (Wildman–Crippen MR) is 124 cm³/mol. The van der Waals surface area contributed by atoms with Gasteiger partial charge in [0.15, 0.2) is 0 Å². The van der Waals surface area contributed by atoms with Crippen molar-refractivity contribution >= 4 is 23.2 Å². The number of amides is 2. The van der Waals surface area contributed by atoms with Gasteiger partial charge in [0.25, 0.3) is 5.91 Å². The first-order valence-corrected chi connectivity index (χ1v) is 11.3. The highest BCUT2D eigenvalue weighted by Crippen LogP contribution is 2.31. The van der Waals surface area contributed by atoms with Crippen LogP contribution in [0.25, 0.3) is 0 Å². The van der Waals surface area contributed by atoms with Crippen LogP contribution in [-0.2, 0) is 4.79 Å². The van der Waals surface area contributed by atoms with Crippen molar-refractivity contribution in [1.82, 2.24) is 10.2 Å². The molecule has 0 atom stereocenters. The van der Waals surface area contributed by atoms with Crippen LogP contribution in [0.4, 0.5) is 11.4 Å². The van der Waals surface area contributed by atoms with Gasteiger partial charge in [-0.3, -0.25) is 14.5 Å². The molecular formula is C25H32N4O2. The minimum absolute atomic E-state index is 0.00420. The fourth-order valence-electron chi connectivity index (χ4n) is 4.90. The number of benzene rings is 2. The highest BCUT2D eigenvalue weighted by Gasteiger charge is 2.31. The van der Waals surface area contributed by atoms with Gasteiger partial charge < -0.3 is 16.0 Å². The van der Waals surface area contributed by atoms with Gasteiger partial charge in [0.1, 0.15) is 6.54 Å². The van der Waals surface area contributed by atoms with Crippen molar-refractivity contribution in [3.05, 3.63) is 60.2 Å². The van der Waals surface area contributed by atoms with E-state index in [9.17, 15) is 9.59 Å². The molecule has 164 valence electrons. The summed E-state index contributed by atoms with van der Waals surface area (Å²) in [5.74, 6) is 1.24. The van der Waals surface area contributed by atoms with Crippen LogP contribution in [0.2, 0.25) is 0 Å². The second-order valence-corrected chi connectivity index (χ2v) is 8.62. The van der Waals surface area contributed by atoms with Crippen LogP contribution in [0, 0.1) is 11.8 Å². The van der Waals surface area contributed by atoms with Gasteiger partial charge in [0.05, 0.1) is 5.56 Å². The Morgan fingerprint density at radius 3 is 2.19 bits per heavy atom. The molecule has 2 aromatic rings. The number of para-hydroxylation sites is 2. The van der Waals surface area contributed by atoms with Crippen molar-refractivity contribution in [2.75, 3.05) is 43.4 Å². The molecule has 31 heavy (non-hydrogen) atoms. The number of nitrogens with zero attached hydrogens (tertiary/aromatic N) is 2. The Hall–Kier alpha value is -2.86. The summed E-state index contributed by atoms with van der Waals surface area (Å²) >= 11 is 0. The molecule has 0 unspecified atom stereocenters. The van der Waals surface area contributed by atoms with Gasteiger partial charge in [-0.25, -0.2) is 0 Å². The molecular weight excluding hydrogens is 388 g/mol. The molecule has 2 aliphatic heterocycles. The van der Waals surface area contributed by atoms with E-state index in [0.717, 1.165) is 44.9 Å². The van der Waals surface area contributed by atoms with Crippen molar-refractivity contribution < 1.29 is 9.59 Å². The largest absolute Gasteiger partial charge is 0.398 e. The SMILES string of the molecule is Nc1ccccc1C(=O)N(CC(=O)N1CCC(C2CCNCC2)CC1)c1ccccc1. The highest BCUT2D eigenvalue weighted by atomic mass is 16.2. The molecule has 2 amide bonds. The predicted octanol–water partition coefficient (Wildman–Crippen LogP) is 3.15. The Kier molecular flexibility index (Phi) is 6.87. The third kappa shape index (κ3) is 5.07. The molecule has 0 aliphatic carbocycles. The lowest BCUT2D eigenvalue weighted by atomic mass is 9.79. The summed E-state index contributed by atoms with van der Waals surface area (Å²) in [4.78, 5) is 30.0. The number of anilines is 2. The number of rotatable bonds is 5. The van der Waals surface area contributed by atoms with Gasteiger partial charge in [0, 0.05) is 24.5 Å². The molecule has 0 bridgehead atoms. The lowest BCUT2D eigenvalue weighted by molar-refractivity contribution is -0.131. The summed E-state index contributed by atoms with van der Waals surface area (Å²) in [7, 11) is 0. The van der Waals surface area contributed by atoms with Gasteiger partial charge in [-0.1, -0.05) is 30.3 Å². The molecule has 0 spiro atoms. The molecule has 2 saturated heterocycles. The number of nitrogens with two attached hydrogens (primary N) is 1. The van der Waals surface area contributed by atoms with Crippen LogP contribution in [0.15, 0.2) is 54.6 Å². The first kappa shape index (κ1) is 21.4. The van der Waals surface area contributed by atoms with E-state index in [4.69, 9.17) is 5.73 Å². The van der Waals surface area contributed by atoms with Crippen molar-refractivity contribution in [3.8, 4) is 0 Å². The zero-order valence-corrected chi connectivity index (χ0v) is 18.0. The Bertz CT molecular complexity index is 887. The number of likely N-dealkylation sites (tertiary alicyclic amines) is 1. The van der Waals surface area contributed by atoms with E-state index in [-0.39, 0.29) is 18.4 Å². The smallest absolute Gasteiger partial charge is 0.260 e. The summed E-state index contributed by atoms with van der Waals surface area (Å²) in [6, 6.07) is 16.4. The molecule has 2 fully saturated rings. The molecule has 0 saturated carbocycles. The number of hydrogen-bond donors (Lipinski definition) is 2. The third-order valence-electron chi connectivity index (χ3n) is 6.74. The number of carbonyl (C=O) groups excluding carboxylic acids is 2.